The molecule has 1 heterocycles. The molecule has 0 spiro atoms. The SMILES string of the molecule is COC(=O)c1c(NC(=O)[C@@H]2CC=CC[C@@H]2C(=O)O)sc2c1CC[C@H](c1ccccc1)C2. The van der Waals surface area contributed by atoms with Gasteiger partial charge in [-0.05, 0) is 49.1 Å². The fourth-order valence-corrected chi connectivity index (χ4v) is 5.90. The largest absolute Gasteiger partial charge is 0.481 e. The summed E-state index contributed by atoms with van der Waals surface area (Å²) in [5.41, 5.74) is 2.63. The van der Waals surface area contributed by atoms with Crippen LogP contribution in [0.15, 0.2) is 42.5 Å². The first-order valence-electron chi connectivity index (χ1n) is 10.5. The number of ether oxygens (including phenoxy) is 1. The Balaban J connectivity index is 1.62. The lowest BCUT2D eigenvalue weighted by Crippen LogP contribution is -2.34. The second-order valence-electron chi connectivity index (χ2n) is 8.03. The van der Waals surface area contributed by atoms with Gasteiger partial charge in [0.15, 0.2) is 0 Å². The topological polar surface area (TPSA) is 92.7 Å². The lowest BCUT2D eigenvalue weighted by atomic mass is 9.82. The van der Waals surface area contributed by atoms with E-state index in [-0.39, 0.29) is 5.91 Å². The number of carbonyl (C=O) groups excluding carboxylic acids is 2. The predicted molar refractivity (Wildman–Crippen MR) is 118 cm³/mol. The summed E-state index contributed by atoms with van der Waals surface area (Å²) in [7, 11) is 1.33. The number of benzene rings is 1. The Morgan fingerprint density at radius 3 is 2.48 bits per heavy atom. The number of nitrogens with one attached hydrogen (secondary N) is 1. The van der Waals surface area contributed by atoms with E-state index in [2.05, 4.69) is 17.4 Å². The number of thiophene rings is 1. The smallest absolute Gasteiger partial charge is 0.341 e. The van der Waals surface area contributed by atoms with Crippen molar-refractivity contribution in [3.63, 3.8) is 0 Å². The molecule has 31 heavy (non-hydrogen) atoms. The van der Waals surface area contributed by atoms with Gasteiger partial charge in [0, 0.05) is 4.88 Å². The van der Waals surface area contributed by atoms with Gasteiger partial charge < -0.3 is 15.2 Å². The van der Waals surface area contributed by atoms with Crippen LogP contribution in [0.3, 0.4) is 0 Å². The Morgan fingerprint density at radius 2 is 1.81 bits per heavy atom. The number of esters is 1. The average molecular weight is 440 g/mol. The van der Waals surface area contributed by atoms with Crippen molar-refractivity contribution in [2.24, 2.45) is 11.8 Å². The summed E-state index contributed by atoms with van der Waals surface area (Å²) in [6.45, 7) is 0. The third-order valence-electron chi connectivity index (χ3n) is 6.25. The maximum Gasteiger partial charge on any atom is 0.341 e. The average Bonchev–Trinajstić information content (AvgIpc) is 3.16. The summed E-state index contributed by atoms with van der Waals surface area (Å²) in [6, 6.07) is 10.3. The Hall–Kier alpha value is -2.93. The highest BCUT2D eigenvalue weighted by Crippen LogP contribution is 2.43. The molecule has 6 nitrogen and oxygen atoms in total. The van der Waals surface area contributed by atoms with Crippen LogP contribution in [0.4, 0.5) is 5.00 Å². The van der Waals surface area contributed by atoms with E-state index in [1.807, 2.05) is 24.3 Å². The molecule has 4 rings (SSSR count). The summed E-state index contributed by atoms with van der Waals surface area (Å²) in [4.78, 5) is 38.2. The summed E-state index contributed by atoms with van der Waals surface area (Å²) in [5, 5.41) is 12.8. The van der Waals surface area contributed by atoms with Crippen LogP contribution in [0.1, 0.15) is 51.5 Å². The van der Waals surface area contributed by atoms with Gasteiger partial charge in [-0.25, -0.2) is 4.79 Å². The molecular weight excluding hydrogens is 414 g/mol. The summed E-state index contributed by atoms with van der Waals surface area (Å²) in [6.07, 6.45) is 6.79. The second-order valence-corrected chi connectivity index (χ2v) is 9.14. The van der Waals surface area contributed by atoms with E-state index in [1.165, 1.54) is 24.0 Å². The first kappa shape index (κ1) is 21.3. The van der Waals surface area contributed by atoms with Gasteiger partial charge in [-0.2, -0.15) is 0 Å². The van der Waals surface area contributed by atoms with Gasteiger partial charge in [0.1, 0.15) is 5.00 Å². The highest BCUT2D eigenvalue weighted by molar-refractivity contribution is 7.17. The maximum atomic E-state index is 13.0. The number of fused-ring (bicyclic) bond motifs is 1. The third-order valence-corrected chi connectivity index (χ3v) is 7.42. The number of amides is 1. The van der Waals surface area contributed by atoms with Gasteiger partial charge >= 0.3 is 11.9 Å². The molecule has 2 aliphatic rings. The lowest BCUT2D eigenvalue weighted by molar-refractivity contribution is -0.146. The molecule has 0 unspecified atom stereocenters. The van der Waals surface area contributed by atoms with Gasteiger partial charge in [0.25, 0.3) is 0 Å². The first-order valence-corrected chi connectivity index (χ1v) is 11.3. The number of carboxylic acid groups (broad SMARTS) is 1. The molecule has 7 heteroatoms. The molecule has 0 saturated carbocycles. The normalized spacial score (nSPS) is 22.4. The molecule has 3 atom stereocenters. The molecule has 1 aromatic heterocycles. The number of hydrogen-bond acceptors (Lipinski definition) is 5. The second kappa shape index (κ2) is 9.06. The van der Waals surface area contributed by atoms with Crippen LogP contribution in [0.5, 0.6) is 0 Å². The van der Waals surface area contributed by atoms with E-state index in [1.54, 1.807) is 6.08 Å². The molecule has 0 aliphatic heterocycles. The molecule has 1 amide bonds. The highest BCUT2D eigenvalue weighted by Gasteiger charge is 2.36. The number of hydrogen-bond donors (Lipinski definition) is 2. The van der Waals surface area contributed by atoms with E-state index in [4.69, 9.17) is 4.74 Å². The van der Waals surface area contributed by atoms with Crippen molar-refractivity contribution < 1.29 is 24.2 Å². The quantitative estimate of drug-likeness (QED) is 0.532. The van der Waals surface area contributed by atoms with E-state index >= 15 is 0 Å². The Bertz CT molecular complexity index is 1030. The van der Waals surface area contributed by atoms with Crippen LogP contribution in [-0.2, 0) is 27.2 Å². The van der Waals surface area contributed by atoms with Crippen LogP contribution in [0.25, 0.3) is 0 Å². The Kier molecular flexibility index (Phi) is 6.23. The minimum absolute atomic E-state index is 0.330. The maximum absolute atomic E-state index is 13.0. The van der Waals surface area contributed by atoms with Gasteiger partial charge in [0.2, 0.25) is 5.91 Å². The zero-order valence-corrected chi connectivity index (χ0v) is 18.1. The van der Waals surface area contributed by atoms with Crippen molar-refractivity contribution in [3.05, 3.63) is 64.1 Å². The predicted octanol–water partition coefficient (Wildman–Crippen LogP) is 4.41. The van der Waals surface area contributed by atoms with Gasteiger partial charge in [-0.3, -0.25) is 9.59 Å². The van der Waals surface area contributed by atoms with Gasteiger partial charge in [0.05, 0.1) is 24.5 Å². The van der Waals surface area contributed by atoms with Crippen LogP contribution in [0.2, 0.25) is 0 Å². The number of anilines is 1. The van der Waals surface area contributed by atoms with Crippen molar-refractivity contribution in [2.75, 3.05) is 12.4 Å². The number of allylic oxidation sites excluding steroid dienone is 2. The van der Waals surface area contributed by atoms with Crippen molar-refractivity contribution in [1.29, 1.82) is 0 Å². The molecule has 2 N–H and O–H groups in total. The van der Waals surface area contributed by atoms with E-state index in [9.17, 15) is 19.5 Å². The van der Waals surface area contributed by atoms with Crippen molar-refractivity contribution >= 4 is 34.2 Å². The highest BCUT2D eigenvalue weighted by atomic mass is 32.1. The number of aliphatic carboxylic acids is 1. The molecule has 0 radical (unpaired) electrons. The van der Waals surface area contributed by atoms with Crippen LogP contribution >= 0.6 is 11.3 Å². The molecule has 162 valence electrons. The molecule has 2 aromatic rings. The molecular formula is C24H25NO5S. The lowest BCUT2D eigenvalue weighted by Gasteiger charge is -2.24. The number of rotatable bonds is 5. The zero-order valence-electron chi connectivity index (χ0n) is 17.3. The number of methoxy groups -OCH3 is 1. The molecule has 0 bridgehead atoms. The molecule has 1 aromatic carbocycles. The summed E-state index contributed by atoms with van der Waals surface area (Å²) in [5.74, 6) is -2.87. The minimum atomic E-state index is -0.978. The van der Waals surface area contributed by atoms with Gasteiger partial charge in [-0.15, -0.1) is 11.3 Å². The fraction of sp³-hybridized carbons (Fsp3) is 0.375. The molecule has 2 aliphatic carbocycles. The van der Waals surface area contributed by atoms with Gasteiger partial charge in [-0.1, -0.05) is 42.5 Å². The number of carbonyl (C=O) groups is 3. The first-order chi connectivity index (χ1) is 15.0. The standard InChI is InChI=1S/C24H25NO5S/c1-30-24(29)20-18-12-11-15(14-7-3-2-4-8-14)13-19(18)31-22(20)25-21(26)16-9-5-6-10-17(16)23(27)28/h2-8,15-17H,9-13H2,1H3,(H,25,26)(H,27,28)/t15-,16+,17-/m0/s1. The Morgan fingerprint density at radius 1 is 1.10 bits per heavy atom. The van der Waals surface area contributed by atoms with E-state index in [0.717, 1.165) is 29.7 Å². The zero-order chi connectivity index (χ0) is 22.0. The van der Waals surface area contributed by atoms with Crippen LogP contribution in [-0.4, -0.2) is 30.1 Å². The minimum Gasteiger partial charge on any atom is -0.481 e. The summed E-state index contributed by atoms with van der Waals surface area (Å²) >= 11 is 1.41. The van der Waals surface area contributed by atoms with Crippen molar-refractivity contribution in [2.45, 2.75) is 38.0 Å². The Labute approximate surface area is 184 Å². The van der Waals surface area contributed by atoms with Crippen LogP contribution < -0.4 is 5.32 Å². The van der Waals surface area contributed by atoms with Crippen molar-refractivity contribution in [1.82, 2.24) is 0 Å². The fourth-order valence-electron chi connectivity index (χ4n) is 4.58. The molecule has 0 saturated heterocycles. The summed E-state index contributed by atoms with van der Waals surface area (Å²) < 4.78 is 5.01. The van der Waals surface area contributed by atoms with E-state index < -0.39 is 23.8 Å². The number of carboxylic acids is 1. The monoisotopic (exact) mass is 439 g/mol. The van der Waals surface area contributed by atoms with Crippen LogP contribution in [0, 0.1) is 11.8 Å². The third kappa shape index (κ3) is 4.28. The van der Waals surface area contributed by atoms with Crippen molar-refractivity contribution in [3.8, 4) is 0 Å². The van der Waals surface area contributed by atoms with E-state index in [0.29, 0.717) is 29.3 Å². The molecule has 0 fully saturated rings.